The fraction of sp³-hybridized carbons (Fsp3) is 0.519. The minimum Gasteiger partial charge on any atom is -0.507 e. The number of aromatic hydroxyl groups is 1. The molecule has 318 valence electrons. The Morgan fingerprint density at radius 3 is 1.73 bits per heavy atom. The van der Waals surface area contributed by atoms with Gasteiger partial charge in [0.05, 0.1) is 30.2 Å². The standard InChI is InChI=1S/C52H71N3O4/c1-10-16-21-38(13-4)30-55-31-44(41-24-19-20-25-46(41)55)50-37(9)49(42-26-28-47(35(7)45(42)32-56)58-33-39(14-5)22-17-11-2)53-52(54-50)43-27-29-48(36(8)51(43)57)59-34-40(15-6)23-18-12-3/h19-20,24-29,31-32,38-40,57H,10-18,21-23,30,33-34H2,1-9H3. The summed E-state index contributed by atoms with van der Waals surface area (Å²) in [5.41, 5.74) is 7.70. The Morgan fingerprint density at radius 1 is 0.644 bits per heavy atom. The first kappa shape index (κ1) is 45.4. The van der Waals surface area contributed by atoms with E-state index in [1.807, 2.05) is 38.1 Å². The number of unbranched alkanes of at least 4 members (excludes halogenated alkanes) is 3. The Morgan fingerprint density at radius 2 is 1.17 bits per heavy atom. The highest BCUT2D eigenvalue weighted by molar-refractivity contribution is 5.98. The Bertz CT molecular complexity index is 2130. The molecule has 5 rings (SSSR count). The van der Waals surface area contributed by atoms with Gasteiger partial charge in [-0.3, -0.25) is 4.79 Å². The minimum atomic E-state index is 0.0955. The molecule has 3 aromatic carbocycles. The lowest BCUT2D eigenvalue weighted by molar-refractivity contribution is 0.112. The molecule has 0 amide bonds. The Balaban J connectivity index is 1.67. The van der Waals surface area contributed by atoms with Gasteiger partial charge in [0.2, 0.25) is 0 Å². The molecule has 3 atom stereocenters. The van der Waals surface area contributed by atoms with Crippen molar-refractivity contribution in [2.75, 3.05) is 13.2 Å². The number of ether oxygens (including phenoxy) is 2. The van der Waals surface area contributed by atoms with Gasteiger partial charge in [-0.15, -0.1) is 0 Å². The van der Waals surface area contributed by atoms with E-state index in [2.05, 4.69) is 83.5 Å². The first-order valence-corrected chi connectivity index (χ1v) is 22.8. The molecular weight excluding hydrogens is 731 g/mol. The van der Waals surface area contributed by atoms with Crippen LogP contribution in [0.25, 0.3) is 44.8 Å². The summed E-state index contributed by atoms with van der Waals surface area (Å²) >= 11 is 0. The van der Waals surface area contributed by atoms with Crippen LogP contribution in [0.3, 0.4) is 0 Å². The summed E-state index contributed by atoms with van der Waals surface area (Å²) < 4.78 is 15.1. The number of para-hydroxylation sites is 1. The maximum Gasteiger partial charge on any atom is 0.164 e. The topological polar surface area (TPSA) is 86.5 Å². The Hall–Kier alpha value is -4.65. The molecule has 0 saturated carbocycles. The van der Waals surface area contributed by atoms with Gasteiger partial charge in [0, 0.05) is 57.0 Å². The normalized spacial score (nSPS) is 13.1. The second-order valence-corrected chi connectivity index (χ2v) is 16.8. The average molecular weight is 802 g/mol. The molecule has 0 spiro atoms. The van der Waals surface area contributed by atoms with Crippen molar-refractivity contribution in [3.63, 3.8) is 0 Å². The number of phenols is 1. The summed E-state index contributed by atoms with van der Waals surface area (Å²) in [5, 5.41) is 13.0. The van der Waals surface area contributed by atoms with Crippen LogP contribution in [0.5, 0.6) is 17.2 Å². The molecule has 1 N–H and O–H groups in total. The molecule has 2 heterocycles. The van der Waals surface area contributed by atoms with Crippen molar-refractivity contribution in [2.45, 2.75) is 146 Å². The second kappa shape index (κ2) is 22.1. The van der Waals surface area contributed by atoms with Crippen molar-refractivity contribution in [1.82, 2.24) is 14.5 Å². The summed E-state index contributed by atoms with van der Waals surface area (Å²) in [4.78, 5) is 23.6. The van der Waals surface area contributed by atoms with Crippen LogP contribution in [0.15, 0.2) is 54.7 Å². The van der Waals surface area contributed by atoms with Crippen LogP contribution in [0.2, 0.25) is 0 Å². The minimum absolute atomic E-state index is 0.0955. The lowest BCUT2D eigenvalue weighted by Gasteiger charge is -2.20. The van der Waals surface area contributed by atoms with Crippen molar-refractivity contribution >= 4 is 17.2 Å². The van der Waals surface area contributed by atoms with E-state index < -0.39 is 0 Å². The maximum atomic E-state index is 13.1. The lowest BCUT2D eigenvalue weighted by Crippen LogP contribution is -2.12. The zero-order valence-corrected chi connectivity index (χ0v) is 37.6. The smallest absolute Gasteiger partial charge is 0.164 e. The first-order chi connectivity index (χ1) is 28.6. The highest BCUT2D eigenvalue weighted by atomic mass is 16.5. The third-order valence-electron chi connectivity index (χ3n) is 12.7. The van der Waals surface area contributed by atoms with Crippen molar-refractivity contribution in [1.29, 1.82) is 0 Å². The highest BCUT2D eigenvalue weighted by Gasteiger charge is 2.25. The van der Waals surface area contributed by atoms with E-state index in [1.54, 1.807) is 0 Å². The van der Waals surface area contributed by atoms with Crippen LogP contribution in [0.1, 0.15) is 146 Å². The molecule has 0 aliphatic rings. The molecule has 2 aromatic heterocycles. The van der Waals surface area contributed by atoms with E-state index >= 15 is 0 Å². The summed E-state index contributed by atoms with van der Waals surface area (Å²) in [7, 11) is 0. The van der Waals surface area contributed by atoms with Gasteiger partial charge >= 0.3 is 0 Å². The number of benzene rings is 3. The Kier molecular flexibility index (Phi) is 17.0. The molecule has 0 aliphatic carbocycles. The van der Waals surface area contributed by atoms with Crippen LogP contribution in [0.4, 0.5) is 0 Å². The SMILES string of the molecule is CCCCC(CC)COc1ccc(-c2nc(-c3ccc(OCC(CC)CCCC)c(C)c3C=O)c(C)c(-c3cn(CC(CC)CCCC)c4ccccc34)n2)c(O)c1C. The number of fused-ring (bicyclic) bond motifs is 1. The van der Waals surface area contributed by atoms with E-state index in [-0.39, 0.29) is 5.75 Å². The number of aldehydes is 1. The van der Waals surface area contributed by atoms with Gasteiger partial charge in [-0.25, -0.2) is 9.97 Å². The molecule has 0 radical (unpaired) electrons. The van der Waals surface area contributed by atoms with Gasteiger partial charge in [0.1, 0.15) is 17.2 Å². The van der Waals surface area contributed by atoms with Crippen molar-refractivity contribution in [3.8, 4) is 51.2 Å². The fourth-order valence-electron chi connectivity index (χ4n) is 8.40. The van der Waals surface area contributed by atoms with Crippen LogP contribution < -0.4 is 9.47 Å². The van der Waals surface area contributed by atoms with E-state index in [0.29, 0.717) is 70.5 Å². The highest BCUT2D eigenvalue weighted by Crippen LogP contribution is 2.42. The first-order valence-electron chi connectivity index (χ1n) is 22.8. The Labute approximate surface area is 355 Å². The van der Waals surface area contributed by atoms with E-state index in [0.717, 1.165) is 91.3 Å². The largest absolute Gasteiger partial charge is 0.507 e. The molecule has 0 saturated heterocycles. The molecule has 0 fully saturated rings. The number of hydrogen-bond acceptors (Lipinski definition) is 6. The average Bonchev–Trinajstić information content (AvgIpc) is 3.62. The van der Waals surface area contributed by atoms with Crippen LogP contribution >= 0.6 is 0 Å². The zero-order valence-electron chi connectivity index (χ0n) is 37.6. The fourth-order valence-corrected chi connectivity index (χ4v) is 8.40. The molecule has 7 heteroatoms. The van der Waals surface area contributed by atoms with Gasteiger partial charge in [-0.05, 0) is 88.1 Å². The van der Waals surface area contributed by atoms with Gasteiger partial charge in [-0.2, -0.15) is 0 Å². The quantitative estimate of drug-likeness (QED) is 0.0625. The van der Waals surface area contributed by atoms with Gasteiger partial charge in [0.25, 0.3) is 0 Å². The van der Waals surface area contributed by atoms with E-state index in [9.17, 15) is 9.90 Å². The number of carbonyl (C=O) groups excluding carboxylic acids is 1. The van der Waals surface area contributed by atoms with Gasteiger partial charge in [0.15, 0.2) is 12.1 Å². The zero-order chi connectivity index (χ0) is 42.5. The monoisotopic (exact) mass is 802 g/mol. The molecule has 3 unspecified atom stereocenters. The van der Waals surface area contributed by atoms with Crippen LogP contribution in [0, 0.1) is 38.5 Å². The number of carbonyl (C=O) groups is 1. The molecule has 7 nitrogen and oxygen atoms in total. The van der Waals surface area contributed by atoms with Crippen LogP contribution in [-0.4, -0.2) is 39.1 Å². The van der Waals surface area contributed by atoms with Crippen LogP contribution in [-0.2, 0) is 6.54 Å². The molecule has 0 aliphatic heterocycles. The summed E-state index contributed by atoms with van der Waals surface area (Å²) in [6.45, 7) is 21.5. The molecule has 59 heavy (non-hydrogen) atoms. The number of nitrogens with zero attached hydrogens (tertiary/aromatic N) is 3. The third kappa shape index (κ3) is 10.8. The summed E-state index contributed by atoms with van der Waals surface area (Å²) in [5.74, 6) is 3.37. The van der Waals surface area contributed by atoms with Crippen molar-refractivity contribution < 1.29 is 19.4 Å². The van der Waals surface area contributed by atoms with Crippen molar-refractivity contribution in [3.05, 3.63) is 77.0 Å². The summed E-state index contributed by atoms with van der Waals surface area (Å²) in [6.07, 6.45) is 16.9. The number of rotatable bonds is 24. The lowest BCUT2D eigenvalue weighted by atomic mass is 9.94. The molecule has 5 aromatic rings. The van der Waals surface area contributed by atoms with Gasteiger partial charge < -0.3 is 19.1 Å². The predicted molar refractivity (Wildman–Crippen MR) is 246 cm³/mol. The number of hydrogen-bond donors (Lipinski definition) is 1. The maximum absolute atomic E-state index is 13.1. The molecular formula is C52H71N3O4. The van der Waals surface area contributed by atoms with E-state index in [1.165, 1.54) is 37.6 Å². The number of phenolic OH excluding ortho intramolecular Hbond substituents is 1. The van der Waals surface area contributed by atoms with Crippen molar-refractivity contribution in [2.24, 2.45) is 17.8 Å². The van der Waals surface area contributed by atoms with E-state index in [4.69, 9.17) is 19.4 Å². The van der Waals surface area contributed by atoms with Gasteiger partial charge in [-0.1, -0.05) is 118 Å². The second-order valence-electron chi connectivity index (χ2n) is 16.8. The summed E-state index contributed by atoms with van der Waals surface area (Å²) in [6, 6.07) is 16.3. The number of aromatic nitrogens is 3. The third-order valence-corrected chi connectivity index (χ3v) is 12.7. The molecule has 0 bridgehead atoms. The predicted octanol–water partition coefficient (Wildman–Crippen LogP) is 14.3.